The zero-order valence-electron chi connectivity index (χ0n) is 10.5. The van der Waals surface area contributed by atoms with Gasteiger partial charge in [-0.15, -0.1) is 0 Å². The van der Waals surface area contributed by atoms with Crippen LogP contribution in [0.3, 0.4) is 0 Å². The van der Waals surface area contributed by atoms with Gasteiger partial charge in [0.2, 0.25) is 10.0 Å². The number of sulfonamides is 1. The van der Waals surface area contributed by atoms with Gasteiger partial charge < -0.3 is 4.90 Å². The average molecular weight is 268 g/mol. The molecular weight excluding hydrogens is 252 g/mol. The van der Waals surface area contributed by atoms with Crippen molar-refractivity contribution in [2.45, 2.75) is 17.6 Å². The molecule has 6 nitrogen and oxygen atoms in total. The zero-order valence-corrected chi connectivity index (χ0v) is 11.3. The second-order valence-electron chi connectivity index (χ2n) is 5.03. The van der Waals surface area contributed by atoms with E-state index >= 15 is 0 Å². The summed E-state index contributed by atoms with van der Waals surface area (Å²) in [4.78, 5) is 10.3. The minimum atomic E-state index is -3.37. The van der Waals surface area contributed by atoms with Gasteiger partial charge in [0.25, 0.3) is 0 Å². The highest BCUT2D eigenvalue weighted by Gasteiger charge is 2.57. The largest absolute Gasteiger partial charge is 0.306 e. The van der Waals surface area contributed by atoms with E-state index in [0.29, 0.717) is 24.2 Å². The molecule has 0 aromatic carbocycles. The maximum atomic E-state index is 12.7. The molecule has 0 atom stereocenters. The van der Waals surface area contributed by atoms with Crippen molar-refractivity contribution in [1.29, 1.82) is 0 Å². The van der Waals surface area contributed by atoms with E-state index in [2.05, 4.69) is 14.9 Å². The predicted molar refractivity (Wildman–Crippen MR) is 67.8 cm³/mol. The molecule has 18 heavy (non-hydrogen) atoms. The maximum absolute atomic E-state index is 12.7. The van der Waals surface area contributed by atoms with Crippen LogP contribution in [-0.4, -0.2) is 50.5 Å². The molecule has 0 bridgehead atoms. The van der Waals surface area contributed by atoms with E-state index in [-0.39, 0.29) is 0 Å². The van der Waals surface area contributed by atoms with E-state index in [9.17, 15) is 8.42 Å². The van der Waals surface area contributed by atoms with Gasteiger partial charge in [-0.2, -0.15) is 0 Å². The molecule has 2 aliphatic rings. The van der Waals surface area contributed by atoms with Crippen LogP contribution in [0.15, 0.2) is 12.5 Å². The molecule has 0 amide bonds. The van der Waals surface area contributed by atoms with Crippen molar-refractivity contribution < 1.29 is 8.42 Å². The molecule has 1 fully saturated rings. The lowest BCUT2D eigenvalue weighted by Gasteiger charge is -2.36. The Kier molecular flexibility index (Phi) is 2.40. The summed E-state index contributed by atoms with van der Waals surface area (Å²) in [5.74, 6) is 0. The van der Waals surface area contributed by atoms with Crippen molar-refractivity contribution in [2.24, 2.45) is 0 Å². The van der Waals surface area contributed by atoms with Crippen LogP contribution in [-0.2, 0) is 14.8 Å². The van der Waals surface area contributed by atoms with Crippen LogP contribution in [0.25, 0.3) is 0 Å². The van der Waals surface area contributed by atoms with Crippen LogP contribution in [0, 0.1) is 0 Å². The van der Waals surface area contributed by atoms with Crippen molar-refractivity contribution >= 4 is 15.7 Å². The monoisotopic (exact) mass is 268 g/mol. The fourth-order valence-corrected chi connectivity index (χ4v) is 4.91. The van der Waals surface area contributed by atoms with Crippen molar-refractivity contribution in [1.82, 2.24) is 14.9 Å². The Morgan fingerprint density at radius 1 is 1.28 bits per heavy atom. The first-order chi connectivity index (χ1) is 8.49. The van der Waals surface area contributed by atoms with Gasteiger partial charge in [0, 0.05) is 7.05 Å². The highest BCUT2D eigenvalue weighted by Crippen LogP contribution is 2.50. The van der Waals surface area contributed by atoms with Gasteiger partial charge in [0.05, 0.1) is 17.6 Å². The molecule has 1 spiro atoms. The van der Waals surface area contributed by atoms with E-state index in [1.54, 1.807) is 13.2 Å². The third-order valence-electron chi connectivity index (χ3n) is 4.11. The number of hydrogen-bond acceptors (Lipinski definition) is 5. The predicted octanol–water partition coefficient (Wildman–Crippen LogP) is 0.177. The first-order valence-corrected chi connectivity index (χ1v) is 7.40. The van der Waals surface area contributed by atoms with Crippen LogP contribution in [0.1, 0.15) is 18.5 Å². The van der Waals surface area contributed by atoms with Gasteiger partial charge >= 0.3 is 0 Å². The van der Waals surface area contributed by atoms with Crippen LogP contribution in [0.4, 0.5) is 5.69 Å². The Hall–Kier alpha value is -1.21. The van der Waals surface area contributed by atoms with Crippen molar-refractivity contribution in [3.05, 3.63) is 18.2 Å². The van der Waals surface area contributed by atoms with E-state index in [4.69, 9.17) is 0 Å². The summed E-state index contributed by atoms with van der Waals surface area (Å²) < 4.78 is 25.8. The van der Waals surface area contributed by atoms with Crippen molar-refractivity contribution in [3.63, 3.8) is 0 Å². The Labute approximate surface area is 107 Å². The lowest BCUT2D eigenvalue weighted by molar-refractivity contribution is 0.232. The number of hydrogen-bond donors (Lipinski definition) is 0. The van der Waals surface area contributed by atoms with Gasteiger partial charge in [-0.05, 0) is 33.0 Å². The molecule has 0 N–H and O–H groups in total. The number of aromatic nitrogens is 2. The lowest BCUT2D eigenvalue weighted by atomic mass is 9.91. The Bertz CT molecular complexity index is 578. The smallest absolute Gasteiger partial charge is 0.246 e. The highest BCUT2D eigenvalue weighted by atomic mass is 32.2. The summed E-state index contributed by atoms with van der Waals surface area (Å²) in [5.41, 5.74) is 1.30. The molecule has 1 aromatic rings. The fourth-order valence-electron chi connectivity index (χ4n) is 2.89. The van der Waals surface area contributed by atoms with E-state index < -0.39 is 14.8 Å². The number of anilines is 1. The molecule has 0 saturated carbocycles. The fraction of sp³-hybridized carbons (Fsp3) is 0.636. The first-order valence-electron chi connectivity index (χ1n) is 5.96. The standard InChI is InChI=1S/C11H16N4O2S/c1-14-5-3-11(4-6-14)10-9(7-12-8-13-10)15(2)18(11,16)17/h7-8H,3-6H2,1-2H3. The summed E-state index contributed by atoms with van der Waals surface area (Å²) >= 11 is 0. The molecule has 98 valence electrons. The lowest BCUT2D eigenvalue weighted by Crippen LogP contribution is -2.46. The molecular formula is C11H16N4O2S. The number of nitrogens with zero attached hydrogens (tertiary/aromatic N) is 4. The Morgan fingerprint density at radius 2 is 1.94 bits per heavy atom. The van der Waals surface area contributed by atoms with Crippen LogP contribution < -0.4 is 4.31 Å². The number of rotatable bonds is 0. The molecule has 1 aromatic heterocycles. The molecule has 0 radical (unpaired) electrons. The van der Waals surface area contributed by atoms with E-state index in [1.165, 1.54) is 10.6 Å². The molecule has 2 aliphatic heterocycles. The SMILES string of the molecule is CN1CCC2(CC1)c1ncncc1N(C)S2(=O)=O. The molecule has 1 saturated heterocycles. The minimum Gasteiger partial charge on any atom is -0.306 e. The average Bonchev–Trinajstić information content (AvgIpc) is 2.53. The van der Waals surface area contributed by atoms with Crippen LogP contribution in [0.2, 0.25) is 0 Å². The summed E-state index contributed by atoms with van der Waals surface area (Å²) in [6.45, 7) is 1.55. The summed E-state index contributed by atoms with van der Waals surface area (Å²) in [5, 5.41) is 0. The third kappa shape index (κ3) is 1.28. The van der Waals surface area contributed by atoms with Crippen molar-refractivity contribution in [2.75, 3.05) is 31.5 Å². The van der Waals surface area contributed by atoms with Crippen LogP contribution in [0.5, 0.6) is 0 Å². The molecule has 0 aliphatic carbocycles. The molecule has 0 unspecified atom stereocenters. The second kappa shape index (κ2) is 3.64. The Balaban J connectivity index is 2.19. The Morgan fingerprint density at radius 3 is 2.61 bits per heavy atom. The van der Waals surface area contributed by atoms with Crippen LogP contribution >= 0.6 is 0 Å². The highest BCUT2D eigenvalue weighted by molar-refractivity contribution is 7.94. The normalized spacial score (nSPS) is 25.3. The van der Waals surface area contributed by atoms with Gasteiger partial charge in [-0.3, -0.25) is 4.31 Å². The maximum Gasteiger partial charge on any atom is 0.246 e. The van der Waals surface area contributed by atoms with Crippen molar-refractivity contribution in [3.8, 4) is 0 Å². The molecule has 3 heterocycles. The van der Waals surface area contributed by atoms with Gasteiger partial charge in [0.1, 0.15) is 11.1 Å². The summed E-state index contributed by atoms with van der Waals surface area (Å²) in [6.07, 6.45) is 4.22. The zero-order chi connectivity index (χ0) is 13.0. The van der Waals surface area contributed by atoms with E-state index in [0.717, 1.165) is 13.1 Å². The van der Waals surface area contributed by atoms with E-state index in [1.807, 2.05) is 7.05 Å². The quantitative estimate of drug-likeness (QED) is 0.671. The number of likely N-dealkylation sites (tertiary alicyclic amines) is 1. The minimum absolute atomic E-state index is 0.597. The summed E-state index contributed by atoms with van der Waals surface area (Å²) in [7, 11) is 0.234. The molecule has 7 heteroatoms. The number of piperidine rings is 1. The van der Waals surface area contributed by atoms with Gasteiger partial charge in [-0.25, -0.2) is 18.4 Å². The molecule has 3 rings (SSSR count). The third-order valence-corrected chi connectivity index (χ3v) is 6.62. The summed E-state index contributed by atoms with van der Waals surface area (Å²) in [6, 6.07) is 0. The number of fused-ring (bicyclic) bond motifs is 2. The van der Waals surface area contributed by atoms with Gasteiger partial charge in [0.15, 0.2) is 0 Å². The topological polar surface area (TPSA) is 66.4 Å². The second-order valence-corrected chi connectivity index (χ2v) is 7.31. The van der Waals surface area contributed by atoms with Gasteiger partial charge in [-0.1, -0.05) is 0 Å². The first kappa shape index (κ1) is 11.9.